The molecule has 20 heavy (non-hydrogen) atoms. The average molecular weight is 289 g/mol. The monoisotopic (exact) mass is 289 g/mol. The minimum absolute atomic E-state index is 0.148. The average Bonchev–Trinajstić information content (AvgIpc) is 2.98. The highest BCUT2D eigenvalue weighted by molar-refractivity contribution is 8.14. The van der Waals surface area contributed by atoms with Crippen LogP contribution in [0.2, 0.25) is 0 Å². The number of amidine groups is 1. The van der Waals surface area contributed by atoms with Crippen LogP contribution in [-0.2, 0) is 7.05 Å². The topological polar surface area (TPSA) is 72.2 Å². The van der Waals surface area contributed by atoms with Crippen molar-refractivity contribution in [2.24, 2.45) is 12.0 Å². The van der Waals surface area contributed by atoms with E-state index in [1.54, 1.807) is 22.5 Å². The fourth-order valence-corrected chi connectivity index (χ4v) is 3.05. The summed E-state index contributed by atoms with van der Waals surface area (Å²) in [5, 5.41) is 8.70. The lowest BCUT2D eigenvalue weighted by atomic mass is 10.1. The number of nitrogens with zero attached hydrogens (tertiary/aromatic N) is 4. The number of nitrogens with one attached hydrogen (secondary N) is 1. The molecule has 2 aromatic heterocycles. The molecule has 1 aliphatic rings. The molecule has 1 aliphatic heterocycles. The van der Waals surface area contributed by atoms with Gasteiger partial charge in [-0.1, -0.05) is 11.8 Å². The van der Waals surface area contributed by atoms with Crippen LogP contribution >= 0.6 is 11.8 Å². The zero-order valence-electron chi connectivity index (χ0n) is 11.6. The summed E-state index contributed by atoms with van der Waals surface area (Å²) in [4.78, 5) is 21.2. The summed E-state index contributed by atoms with van der Waals surface area (Å²) in [5.41, 5.74) is 2.94. The molecule has 2 aromatic rings. The molecule has 3 heterocycles. The van der Waals surface area contributed by atoms with Gasteiger partial charge in [0.05, 0.1) is 23.2 Å². The number of pyridine rings is 1. The van der Waals surface area contributed by atoms with E-state index in [4.69, 9.17) is 0 Å². The van der Waals surface area contributed by atoms with Crippen LogP contribution in [0.1, 0.15) is 21.7 Å². The van der Waals surface area contributed by atoms with Gasteiger partial charge < -0.3 is 5.32 Å². The lowest BCUT2D eigenvalue weighted by Gasteiger charge is -2.07. The van der Waals surface area contributed by atoms with Crippen LogP contribution < -0.4 is 5.32 Å². The van der Waals surface area contributed by atoms with Crippen molar-refractivity contribution in [1.82, 2.24) is 20.1 Å². The zero-order chi connectivity index (χ0) is 14.3. The quantitative estimate of drug-likeness (QED) is 0.861. The Morgan fingerprint density at radius 3 is 2.95 bits per heavy atom. The first-order chi connectivity index (χ1) is 9.56. The summed E-state index contributed by atoms with van der Waals surface area (Å²) in [6, 6.07) is 1.80. The number of aromatic nitrogens is 3. The van der Waals surface area contributed by atoms with Crippen molar-refractivity contribution in [3.05, 3.63) is 23.0 Å². The molecule has 1 N–H and O–H groups in total. The van der Waals surface area contributed by atoms with Gasteiger partial charge in [-0.15, -0.1) is 0 Å². The van der Waals surface area contributed by atoms with Crippen molar-refractivity contribution in [2.75, 3.05) is 12.3 Å². The molecule has 0 atom stereocenters. The van der Waals surface area contributed by atoms with Gasteiger partial charge in [0.25, 0.3) is 5.91 Å². The molecule has 7 heteroatoms. The number of hydrogen-bond donors (Lipinski definition) is 1. The van der Waals surface area contributed by atoms with E-state index >= 15 is 0 Å². The second-order valence-electron chi connectivity index (χ2n) is 4.71. The molecular weight excluding hydrogens is 274 g/mol. The maximum absolute atomic E-state index is 12.5. The Hall–Kier alpha value is -1.89. The van der Waals surface area contributed by atoms with E-state index in [-0.39, 0.29) is 5.91 Å². The molecule has 0 fully saturated rings. The summed E-state index contributed by atoms with van der Waals surface area (Å²) < 4.78 is 1.70. The van der Waals surface area contributed by atoms with Gasteiger partial charge in [-0.25, -0.2) is 4.98 Å². The van der Waals surface area contributed by atoms with Crippen LogP contribution in [0.3, 0.4) is 0 Å². The Balaban J connectivity index is 2.07. The van der Waals surface area contributed by atoms with Crippen molar-refractivity contribution >= 4 is 33.9 Å². The summed E-state index contributed by atoms with van der Waals surface area (Å²) in [6.45, 7) is 4.52. The molecule has 0 aromatic carbocycles. The highest BCUT2D eigenvalue weighted by Crippen LogP contribution is 2.22. The largest absolute Gasteiger partial charge is 0.301 e. The molecule has 0 spiro atoms. The maximum atomic E-state index is 12.5. The number of carbonyl (C=O) groups excluding carboxylic acids is 1. The van der Waals surface area contributed by atoms with E-state index in [1.807, 2.05) is 20.9 Å². The second-order valence-corrected chi connectivity index (χ2v) is 5.79. The fourth-order valence-electron chi connectivity index (χ4n) is 2.32. The molecule has 0 radical (unpaired) electrons. The van der Waals surface area contributed by atoms with Gasteiger partial charge in [-0.05, 0) is 19.9 Å². The molecule has 0 saturated carbocycles. The van der Waals surface area contributed by atoms with Gasteiger partial charge in [0.1, 0.15) is 0 Å². The van der Waals surface area contributed by atoms with Crippen molar-refractivity contribution in [3.63, 3.8) is 0 Å². The number of rotatable bonds is 1. The van der Waals surface area contributed by atoms with Gasteiger partial charge in [-0.3, -0.25) is 14.5 Å². The van der Waals surface area contributed by atoms with Gasteiger partial charge in [0.2, 0.25) is 0 Å². The number of hydrogen-bond acceptors (Lipinski definition) is 5. The molecule has 6 nitrogen and oxygen atoms in total. The van der Waals surface area contributed by atoms with Crippen molar-refractivity contribution < 1.29 is 4.79 Å². The highest BCUT2D eigenvalue weighted by Gasteiger charge is 2.19. The molecule has 3 rings (SSSR count). The van der Waals surface area contributed by atoms with Crippen LogP contribution in [0.4, 0.5) is 0 Å². The lowest BCUT2D eigenvalue weighted by molar-refractivity contribution is 0.0979. The van der Waals surface area contributed by atoms with E-state index in [2.05, 4.69) is 20.4 Å². The number of fused-ring (bicyclic) bond motifs is 1. The van der Waals surface area contributed by atoms with Gasteiger partial charge >= 0.3 is 0 Å². The number of thioether (sulfide) groups is 1. The Labute approximate surface area is 120 Å². The highest BCUT2D eigenvalue weighted by atomic mass is 32.2. The van der Waals surface area contributed by atoms with Crippen LogP contribution in [0.5, 0.6) is 0 Å². The van der Waals surface area contributed by atoms with E-state index in [0.717, 1.165) is 34.7 Å². The Morgan fingerprint density at radius 1 is 1.45 bits per heavy atom. The summed E-state index contributed by atoms with van der Waals surface area (Å²) in [6.07, 6.45) is 0. The SMILES string of the molecule is Cc1cc(C(=O)NC2=NCCS2)c2c(C)nn(C)c2n1. The number of carbonyl (C=O) groups is 1. The Morgan fingerprint density at radius 2 is 2.25 bits per heavy atom. The van der Waals surface area contributed by atoms with Crippen LogP contribution in [-0.4, -0.2) is 38.1 Å². The van der Waals surface area contributed by atoms with Gasteiger partial charge in [0.15, 0.2) is 10.8 Å². The van der Waals surface area contributed by atoms with E-state index in [9.17, 15) is 4.79 Å². The smallest absolute Gasteiger partial charge is 0.258 e. The van der Waals surface area contributed by atoms with Crippen molar-refractivity contribution in [3.8, 4) is 0 Å². The fraction of sp³-hybridized carbons (Fsp3) is 0.385. The predicted octanol–water partition coefficient (Wildman–Crippen LogP) is 1.42. The summed E-state index contributed by atoms with van der Waals surface area (Å²) >= 11 is 1.57. The normalized spacial score (nSPS) is 14.7. The first kappa shape index (κ1) is 13.1. The third-order valence-corrected chi connectivity index (χ3v) is 4.04. The van der Waals surface area contributed by atoms with E-state index < -0.39 is 0 Å². The number of aryl methyl sites for hydroxylation is 3. The molecule has 0 bridgehead atoms. The molecule has 104 valence electrons. The van der Waals surface area contributed by atoms with Crippen molar-refractivity contribution in [2.45, 2.75) is 13.8 Å². The molecular formula is C13H15N5OS. The Kier molecular flexibility index (Phi) is 3.21. The minimum atomic E-state index is -0.148. The third-order valence-electron chi connectivity index (χ3n) is 3.15. The van der Waals surface area contributed by atoms with Crippen LogP contribution in [0.15, 0.2) is 11.1 Å². The second kappa shape index (κ2) is 4.90. The standard InChI is InChI=1S/C13H15N5OS/c1-7-6-9(12(19)16-13-14-4-5-20-13)10-8(2)17-18(3)11(10)15-7/h6H,4-5H2,1-3H3,(H,14,16,19). The predicted molar refractivity (Wildman–Crippen MR) is 80.2 cm³/mol. The van der Waals surface area contributed by atoms with Crippen LogP contribution in [0.25, 0.3) is 11.0 Å². The molecule has 0 aliphatic carbocycles. The maximum Gasteiger partial charge on any atom is 0.258 e. The summed E-state index contributed by atoms with van der Waals surface area (Å²) in [7, 11) is 1.83. The summed E-state index contributed by atoms with van der Waals surface area (Å²) in [5.74, 6) is 0.775. The number of amides is 1. The van der Waals surface area contributed by atoms with E-state index in [1.165, 1.54) is 0 Å². The van der Waals surface area contributed by atoms with Crippen molar-refractivity contribution in [1.29, 1.82) is 0 Å². The van der Waals surface area contributed by atoms with Crippen LogP contribution in [0, 0.1) is 13.8 Å². The third kappa shape index (κ3) is 2.18. The molecule has 1 amide bonds. The zero-order valence-corrected chi connectivity index (χ0v) is 12.4. The molecule has 0 unspecified atom stereocenters. The van der Waals surface area contributed by atoms with Gasteiger partial charge in [-0.2, -0.15) is 5.10 Å². The first-order valence-electron chi connectivity index (χ1n) is 6.36. The molecule has 0 saturated heterocycles. The van der Waals surface area contributed by atoms with E-state index in [0.29, 0.717) is 10.7 Å². The first-order valence-corrected chi connectivity index (χ1v) is 7.34. The van der Waals surface area contributed by atoms with Gasteiger partial charge in [0, 0.05) is 18.5 Å². The minimum Gasteiger partial charge on any atom is -0.301 e. The Bertz CT molecular complexity index is 734. The lowest BCUT2D eigenvalue weighted by Crippen LogP contribution is -2.27. The number of aliphatic imine (C=N–C) groups is 1.